The monoisotopic (exact) mass is 304 g/mol. The van der Waals surface area contributed by atoms with Gasteiger partial charge in [0, 0.05) is 11.6 Å². The molecule has 0 bridgehead atoms. The number of phenols is 1. The van der Waals surface area contributed by atoms with Gasteiger partial charge in [-0.2, -0.15) is 5.26 Å². The number of phenolic OH excluding ortho intramolecular Hbond substituents is 1. The van der Waals surface area contributed by atoms with E-state index < -0.39 is 0 Å². The molecule has 0 aliphatic heterocycles. The van der Waals surface area contributed by atoms with Crippen molar-refractivity contribution in [3.63, 3.8) is 0 Å². The van der Waals surface area contributed by atoms with Gasteiger partial charge in [-0.3, -0.25) is 0 Å². The first-order chi connectivity index (χ1) is 7.10. The number of benzene rings is 1. The Kier molecular flexibility index (Phi) is 6.42. The average Bonchev–Trinajstić information content (AvgIpc) is 2.22. The number of aromatic hydroxyl groups is 1. The largest absolute Gasteiger partial charge is 0.506 e. The Labute approximate surface area is 110 Å². The van der Waals surface area contributed by atoms with Crippen molar-refractivity contribution in [1.82, 2.24) is 0 Å². The molecular weight excluding hydrogens is 291 g/mol. The van der Waals surface area contributed by atoms with E-state index in [1.165, 1.54) is 0 Å². The summed E-state index contributed by atoms with van der Waals surface area (Å²) in [5, 5.41) is 18.6. The van der Waals surface area contributed by atoms with E-state index in [2.05, 4.69) is 15.9 Å². The Bertz CT molecular complexity index is 404. The smallest absolute Gasteiger partial charge is 0.134 e. The number of nitriles is 1. The Hall–Kier alpha value is -0.760. The summed E-state index contributed by atoms with van der Waals surface area (Å²) in [7, 11) is 0. The summed E-state index contributed by atoms with van der Waals surface area (Å²) in [5.74, 6) is 0.134. The van der Waals surface area contributed by atoms with Gasteiger partial charge < -0.3 is 10.8 Å². The van der Waals surface area contributed by atoms with E-state index in [1.54, 1.807) is 12.1 Å². The van der Waals surface area contributed by atoms with Gasteiger partial charge in [0.1, 0.15) is 5.75 Å². The molecule has 0 unspecified atom stereocenters. The molecule has 0 aliphatic rings. The standard InChI is InChI=1S/C11H13BrN2O.ClH/c1-2-3-10(14)8-4-7(6-13)5-9(12)11(8)15;/h4-5,10,15H,2-3,14H2,1H3;1H/t10-;/m1./s1. The van der Waals surface area contributed by atoms with Crippen molar-refractivity contribution >= 4 is 28.3 Å². The van der Waals surface area contributed by atoms with Gasteiger partial charge in [0.2, 0.25) is 0 Å². The van der Waals surface area contributed by atoms with Crippen LogP contribution in [0.4, 0.5) is 0 Å². The highest BCUT2D eigenvalue weighted by atomic mass is 79.9. The molecule has 1 rings (SSSR count). The topological polar surface area (TPSA) is 70.0 Å². The molecule has 1 aromatic carbocycles. The highest BCUT2D eigenvalue weighted by Gasteiger charge is 2.14. The van der Waals surface area contributed by atoms with E-state index in [4.69, 9.17) is 11.0 Å². The predicted molar refractivity (Wildman–Crippen MR) is 69.6 cm³/mol. The molecule has 0 aromatic heterocycles. The van der Waals surface area contributed by atoms with Crippen LogP contribution >= 0.6 is 28.3 Å². The second kappa shape index (κ2) is 6.74. The molecule has 0 fully saturated rings. The fourth-order valence-corrected chi connectivity index (χ4v) is 1.91. The van der Waals surface area contributed by atoms with Gasteiger partial charge in [0.15, 0.2) is 0 Å². The van der Waals surface area contributed by atoms with Crippen LogP contribution in [0.15, 0.2) is 16.6 Å². The predicted octanol–water partition coefficient (Wildman–Crippen LogP) is 3.25. The van der Waals surface area contributed by atoms with Gasteiger partial charge in [-0.15, -0.1) is 12.4 Å². The van der Waals surface area contributed by atoms with Crippen LogP contribution in [0.5, 0.6) is 5.75 Å². The van der Waals surface area contributed by atoms with Crippen molar-refractivity contribution < 1.29 is 5.11 Å². The van der Waals surface area contributed by atoms with Crippen molar-refractivity contribution in [2.24, 2.45) is 5.73 Å². The zero-order chi connectivity index (χ0) is 11.4. The number of hydrogen-bond donors (Lipinski definition) is 2. The number of nitrogens with two attached hydrogens (primary N) is 1. The Morgan fingerprint density at radius 3 is 2.69 bits per heavy atom. The zero-order valence-electron chi connectivity index (χ0n) is 8.90. The quantitative estimate of drug-likeness (QED) is 0.900. The molecule has 88 valence electrons. The van der Waals surface area contributed by atoms with Crippen LogP contribution in [-0.2, 0) is 0 Å². The second-order valence-corrected chi connectivity index (χ2v) is 4.26. The first kappa shape index (κ1) is 15.2. The number of halogens is 2. The fraction of sp³-hybridized carbons (Fsp3) is 0.364. The van der Waals surface area contributed by atoms with Crippen molar-refractivity contribution in [2.75, 3.05) is 0 Å². The number of rotatable bonds is 3. The number of nitrogens with zero attached hydrogens (tertiary/aromatic N) is 1. The summed E-state index contributed by atoms with van der Waals surface area (Å²) in [6, 6.07) is 5.03. The molecular formula is C11H14BrClN2O. The van der Waals surface area contributed by atoms with Gasteiger partial charge in [-0.05, 0) is 34.5 Å². The van der Waals surface area contributed by atoms with E-state index in [0.717, 1.165) is 12.8 Å². The molecule has 1 aromatic rings. The van der Waals surface area contributed by atoms with E-state index >= 15 is 0 Å². The lowest BCUT2D eigenvalue weighted by Gasteiger charge is -2.13. The third-order valence-corrected chi connectivity index (χ3v) is 2.83. The Morgan fingerprint density at radius 1 is 1.56 bits per heavy atom. The summed E-state index contributed by atoms with van der Waals surface area (Å²) in [5.41, 5.74) is 7.04. The molecule has 1 atom stereocenters. The van der Waals surface area contributed by atoms with Crippen LogP contribution in [-0.4, -0.2) is 5.11 Å². The van der Waals surface area contributed by atoms with Gasteiger partial charge in [0.25, 0.3) is 0 Å². The number of hydrogen-bond acceptors (Lipinski definition) is 3. The molecule has 0 radical (unpaired) electrons. The van der Waals surface area contributed by atoms with E-state index in [1.807, 2.05) is 13.0 Å². The van der Waals surface area contributed by atoms with Crippen LogP contribution in [0.25, 0.3) is 0 Å². The summed E-state index contributed by atoms with van der Waals surface area (Å²) >= 11 is 3.20. The average molecular weight is 306 g/mol. The summed E-state index contributed by atoms with van der Waals surface area (Å²) in [6.45, 7) is 2.03. The minimum Gasteiger partial charge on any atom is -0.506 e. The molecule has 16 heavy (non-hydrogen) atoms. The molecule has 0 saturated heterocycles. The maximum Gasteiger partial charge on any atom is 0.134 e. The molecule has 0 saturated carbocycles. The van der Waals surface area contributed by atoms with E-state index in [9.17, 15) is 5.11 Å². The highest BCUT2D eigenvalue weighted by Crippen LogP contribution is 2.33. The third kappa shape index (κ3) is 3.38. The summed E-state index contributed by atoms with van der Waals surface area (Å²) < 4.78 is 0.517. The van der Waals surface area contributed by atoms with Crippen LogP contribution in [0, 0.1) is 11.3 Å². The van der Waals surface area contributed by atoms with Crippen molar-refractivity contribution in [3.05, 3.63) is 27.7 Å². The summed E-state index contributed by atoms with van der Waals surface area (Å²) in [4.78, 5) is 0. The first-order valence-corrected chi connectivity index (χ1v) is 5.57. The maximum atomic E-state index is 9.78. The third-order valence-electron chi connectivity index (χ3n) is 2.22. The van der Waals surface area contributed by atoms with Crippen LogP contribution in [0.2, 0.25) is 0 Å². The van der Waals surface area contributed by atoms with Gasteiger partial charge >= 0.3 is 0 Å². The zero-order valence-corrected chi connectivity index (χ0v) is 11.3. The highest BCUT2D eigenvalue weighted by molar-refractivity contribution is 9.10. The Morgan fingerprint density at radius 2 is 2.19 bits per heavy atom. The molecule has 3 nitrogen and oxygen atoms in total. The molecule has 0 heterocycles. The normalized spacial score (nSPS) is 11.4. The van der Waals surface area contributed by atoms with E-state index in [-0.39, 0.29) is 24.2 Å². The molecule has 0 amide bonds. The molecule has 0 spiro atoms. The van der Waals surface area contributed by atoms with E-state index in [0.29, 0.717) is 15.6 Å². The van der Waals surface area contributed by atoms with Gasteiger partial charge in [-0.25, -0.2) is 0 Å². The lowest BCUT2D eigenvalue weighted by molar-refractivity contribution is 0.454. The first-order valence-electron chi connectivity index (χ1n) is 4.78. The molecule has 0 aliphatic carbocycles. The lowest BCUT2D eigenvalue weighted by atomic mass is 10.0. The van der Waals surface area contributed by atoms with Crippen molar-refractivity contribution in [3.8, 4) is 11.8 Å². The molecule has 3 N–H and O–H groups in total. The van der Waals surface area contributed by atoms with Crippen molar-refractivity contribution in [2.45, 2.75) is 25.8 Å². The summed E-state index contributed by atoms with van der Waals surface area (Å²) in [6.07, 6.45) is 1.73. The van der Waals surface area contributed by atoms with Crippen LogP contribution in [0.3, 0.4) is 0 Å². The fourth-order valence-electron chi connectivity index (χ4n) is 1.43. The minimum atomic E-state index is -0.223. The SMILES string of the molecule is CCC[C@@H](N)c1cc(C#N)cc(Br)c1O.Cl. The minimum absolute atomic E-state index is 0. The van der Waals surface area contributed by atoms with Crippen LogP contribution < -0.4 is 5.73 Å². The second-order valence-electron chi connectivity index (χ2n) is 3.40. The Balaban J connectivity index is 0.00000225. The lowest BCUT2D eigenvalue weighted by Crippen LogP contribution is -2.10. The molecule has 5 heteroatoms. The van der Waals surface area contributed by atoms with Crippen LogP contribution in [0.1, 0.15) is 36.9 Å². The van der Waals surface area contributed by atoms with Gasteiger partial charge in [-0.1, -0.05) is 13.3 Å². The van der Waals surface area contributed by atoms with Gasteiger partial charge in [0.05, 0.1) is 16.1 Å². The van der Waals surface area contributed by atoms with Crippen molar-refractivity contribution in [1.29, 1.82) is 5.26 Å². The maximum absolute atomic E-state index is 9.78.